The average molecular weight is 311 g/mol. The summed E-state index contributed by atoms with van der Waals surface area (Å²) in [6.45, 7) is 3.59. The van der Waals surface area contributed by atoms with Crippen LogP contribution in [-0.4, -0.2) is 40.8 Å². The molecule has 2 aliphatic heterocycles. The quantitative estimate of drug-likeness (QED) is 0.867. The van der Waals surface area contributed by atoms with E-state index in [-0.39, 0.29) is 7.43 Å². The third-order valence-corrected chi connectivity index (χ3v) is 4.78. The Morgan fingerprint density at radius 1 is 0.957 bits per heavy atom. The van der Waals surface area contributed by atoms with Crippen molar-refractivity contribution < 1.29 is 4.74 Å². The lowest BCUT2D eigenvalue weighted by Gasteiger charge is -2.42. The zero-order valence-electron chi connectivity index (χ0n) is 12.7. The largest absolute Gasteiger partial charge is 0.473 e. The molecule has 4 heteroatoms. The molecule has 2 aromatic rings. The smallest absolute Gasteiger partial charge is 0.233 e. The molecule has 1 aromatic heterocycles. The normalized spacial score (nSPS) is 26.2. The Bertz CT molecular complexity index is 614. The Labute approximate surface area is 138 Å². The molecule has 2 saturated heterocycles. The first-order valence-corrected chi connectivity index (χ1v) is 8.17. The van der Waals surface area contributed by atoms with Crippen LogP contribution in [0.25, 0.3) is 11.3 Å². The maximum atomic E-state index is 6.13. The van der Waals surface area contributed by atoms with Crippen molar-refractivity contribution in [3.63, 3.8) is 0 Å². The van der Waals surface area contributed by atoms with Gasteiger partial charge in [0.05, 0.1) is 5.69 Å². The number of hydrogen-bond acceptors (Lipinski definition) is 4. The van der Waals surface area contributed by atoms with Crippen molar-refractivity contribution in [2.75, 3.05) is 19.6 Å². The number of fused-ring (bicyclic) bond motifs is 2. The molecule has 4 rings (SSSR count). The molecule has 3 atom stereocenters. The van der Waals surface area contributed by atoms with E-state index < -0.39 is 0 Å². The second kappa shape index (κ2) is 7.09. The molecular weight excluding hydrogens is 286 g/mol. The minimum Gasteiger partial charge on any atom is -0.473 e. The summed E-state index contributed by atoms with van der Waals surface area (Å²) in [5.74, 6) is 1.31. The summed E-state index contributed by atoms with van der Waals surface area (Å²) >= 11 is 0. The summed E-state index contributed by atoms with van der Waals surface area (Å²) in [7, 11) is 0. The Morgan fingerprint density at radius 2 is 1.83 bits per heavy atom. The van der Waals surface area contributed by atoms with Gasteiger partial charge in [-0.1, -0.05) is 37.8 Å². The number of piperidine rings is 2. The molecule has 0 spiro atoms. The molecule has 122 valence electrons. The van der Waals surface area contributed by atoms with Crippen LogP contribution in [0.15, 0.2) is 42.5 Å². The van der Waals surface area contributed by atoms with E-state index >= 15 is 0 Å². The van der Waals surface area contributed by atoms with Gasteiger partial charge >= 0.3 is 0 Å². The first-order valence-electron chi connectivity index (χ1n) is 8.17. The highest BCUT2D eigenvalue weighted by molar-refractivity contribution is 5.58. The average Bonchev–Trinajstić information content (AvgIpc) is 2.59. The van der Waals surface area contributed by atoms with Crippen LogP contribution in [0.1, 0.15) is 26.7 Å². The van der Waals surface area contributed by atoms with E-state index in [4.69, 9.17) is 4.74 Å². The Balaban J connectivity index is 0.00000156. The van der Waals surface area contributed by atoms with Gasteiger partial charge in [-0.15, -0.1) is 10.2 Å². The highest BCUT2D eigenvalue weighted by Crippen LogP contribution is 2.29. The predicted molar refractivity (Wildman–Crippen MR) is 92.4 cm³/mol. The van der Waals surface area contributed by atoms with Gasteiger partial charge in [0.15, 0.2) is 0 Å². The topological polar surface area (TPSA) is 38.2 Å². The van der Waals surface area contributed by atoms with Crippen molar-refractivity contribution >= 4 is 0 Å². The third-order valence-electron chi connectivity index (χ3n) is 4.78. The molecule has 2 fully saturated rings. The molecule has 0 N–H and O–H groups in total. The minimum absolute atomic E-state index is 0. The molecule has 0 aliphatic carbocycles. The van der Waals surface area contributed by atoms with Crippen LogP contribution in [0.2, 0.25) is 0 Å². The van der Waals surface area contributed by atoms with E-state index in [1.54, 1.807) is 0 Å². The van der Waals surface area contributed by atoms with Gasteiger partial charge in [-0.25, -0.2) is 0 Å². The van der Waals surface area contributed by atoms with Gasteiger partial charge in [0.2, 0.25) is 5.88 Å². The van der Waals surface area contributed by atoms with Crippen molar-refractivity contribution in [1.29, 1.82) is 0 Å². The molecule has 2 bridgehead atoms. The standard InChI is InChI=1S/C18H21N3O.CH4/c1-2-5-14(6-3-1)16-8-9-18(20-19-16)22-17-10-12-21-11-4-7-15(17)13-21;/h1-3,5-6,8-9,15,17H,4,7,10-13H2;1H4/t15?,17-;/m1./s1. The van der Waals surface area contributed by atoms with Gasteiger partial charge < -0.3 is 9.64 Å². The molecule has 1 aromatic carbocycles. The fourth-order valence-corrected chi connectivity index (χ4v) is 3.60. The lowest BCUT2D eigenvalue weighted by atomic mass is 9.87. The molecule has 2 aliphatic rings. The number of ether oxygens (including phenoxy) is 1. The fourth-order valence-electron chi connectivity index (χ4n) is 3.60. The second-order valence-electron chi connectivity index (χ2n) is 6.27. The summed E-state index contributed by atoms with van der Waals surface area (Å²) in [5, 5.41) is 8.58. The number of benzene rings is 1. The van der Waals surface area contributed by atoms with Crippen LogP contribution in [0.3, 0.4) is 0 Å². The van der Waals surface area contributed by atoms with Crippen molar-refractivity contribution in [1.82, 2.24) is 15.1 Å². The number of hydrogen-bond donors (Lipinski definition) is 0. The SMILES string of the molecule is C.c1ccc(-c2ccc(O[C@@H]3CCN4CCCC3C4)nn2)cc1. The van der Waals surface area contributed by atoms with Crippen LogP contribution in [-0.2, 0) is 0 Å². The molecule has 2 unspecified atom stereocenters. The van der Waals surface area contributed by atoms with Gasteiger partial charge in [-0.05, 0) is 31.9 Å². The zero-order chi connectivity index (χ0) is 14.8. The Hall–Kier alpha value is -1.94. The summed E-state index contributed by atoms with van der Waals surface area (Å²) in [6.07, 6.45) is 3.97. The van der Waals surface area contributed by atoms with Crippen LogP contribution >= 0.6 is 0 Å². The second-order valence-corrected chi connectivity index (χ2v) is 6.27. The van der Waals surface area contributed by atoms with Crippen molar-refractivity contribution in [2.24, 2.45) is 5.92 Å². The summed E-state index contributed by atoms with van der Waals surface area (Å²) in [6, 6.07) is 14.1. The van der Waals surface area contributed by atoms with E-state index in [1.807, 2.05) is 42.5 Å². The number of rotatable bonds is 3. The first-order chi connectivity index (χ1) is 10.9. The van der Waals surface area contributed by atoms with Gasteiger partial charge in [0, 0.05) is 30.6 Å². The fraction of sp³-hybridized carbons (Fsp3) is 0.474. The van der Waals surface area contributed by atoms with Gasteiger partial charge in [0.1, 0.15) is 6.10 Å². The van der Waals surface area contributed by atoms with E-state index in [9.17, 15) is 0 Å². The Morgan fingerprint density at radius 3 is 2.61 bits per heavy atom. The van der Waals surface area contributed by atoms with Gasteiger partial charge in [0.25, 0.3) is 0 Å². The van der Waals surface area contributed by atoms with E-state index in [2.05, 4.69) is 15.1 Å². The van der Waals surface area contributed by atoms with E-state index in [1.165, 1.54) is 25.9 Å². The lowest BCUT2D eigenvalue weighted by Crippen LogP contribution is -2.49. The van der Waals surface area contributed by atoms with Crippen LogP contribution in [0, 0.1) is 5.92 Å². The molecule has 4 nitrogen and oxygen atoms in total. The molecule has 0 amide bonds. The van der Waals surface area contributed by atoms with Crippen molar-refractivity contribution in [3.8, 4) is 17.1 Å². The molecule has 23 heavy (non-hydrogen) atoms. The lowest BCUT2D eigenvalue weighted by molar-refractivity contribution is 0.0123. The van der Waals surface area contributed by atoms with E-state index in [0.717, 1.165) is 24.2 Å². The van der Waals surface area contributed by atoms with Crippen molar-refractivity contribution in [2.45, 2.75) is 32.8 Å². The number of nitrogens with zero attached hydrogens (tertiary/aromatic N) is 3. The predicted octanol–water partition coefficient (Wildman–Crippen LogP) is 3.64. The zero-order valence-corrected chi connectivity index (χ0v) is 12.7. The maximum absolute atomic E-state index is 6.13. The van der Waals surface area contributed by atoms with Gasteiger partial charge in [-0.2, -0.15) is 0 Å². The summed E-state index contributed by atoms with van der Waals surface area (Å²) < 4.78 is 6.13. The van der Waals surface area contributed by atoms with Crippen LogP contribution in [0.4, 0.5) is 0 Å². The number of aromatic nitrogens is 2. The molecule has 0 saturated carbocycles. The molecular formula is C19H25N3O. The monoisotopic (exact) mass is 311 g/mol. The molecule has 0 radical (unpaired) electrons. The Kier molecular flexibility index (Phi) is 4.91. The van der Waals surface area contributed by atoms with Gasteiger partial charge in [-0.3, -0.25) is 0 Å². The van der Waals surface area contributed by atoms with Crippen LogP contribution < -0.4 is 4.74 Å². The third kappa shape index (κ3) is 3.53. The van der Waals surface area contributed by atoms with Crippen molar-refractivity contribution in [3.05, 3.63) is 42.5 Å². The van der Waals surface area contributed by atoms with Crippen LogP contribution in [0.5, 0.6) is 5.88 Å². The van der Waals surface area contributed by atoms with E-state index in [0.29, 0.717) is 17.9 Å². The summed E-state index contributed by atoms with van der Waals surface area (Å²) in [5.41, 5.74) is 1.97. The molecule has 3 heterocycles. The highest BCUT2D eigenvalue weighted by atomic mass is 16.5. The summed E-state index contributed by atoms with van der Waals surface area (Å²) in [4.78, 5) is 2.55. The maximum Gasteiger partial charge on any atom is 0.233 e. The minimum atomic E-state index is 0. The highest BCUT2D eigenvalue weighted by Gasteiger charge is 2.33. The first kappa shape index (κ1) is 15.9.